The lowest BCUT2D eigenvalue weighted by atomic mass is 9.93. The SMILES string of the molecule is CS(=O)(=O)Cc1ccc(C(=O)N2Cc3ccccc3CC2C(=O)O)cc1. The number of nitrogens with zero attached hydrogens (tertiary/aromatic N) is 1. The van der Waals surface area contributed by atoms with Crippen LogP contribution in [0.2, 0.25) is 0 Å². The van der Waals surface area contributed by atoms with Crippen LogP contribution in [0, 0.1) is 0 Å². The van der Waals surface area contributed by atoms with E-state index in [-0.39, 0.29) is 24.6 Å². The van der Waals surface area contributed by atoms with Gasteiger partial charge >= 0.3 is 5.97 Å². The molecule has 2 aromatic carbocycles. The molecule has 1 atom stereocenters. The van der Waals surface area contributed by atoms with E-state index in [1.165, 1.54) is 4.90 Å². The highest BCUT2D eigenvalue weighted by molar-refractivity contribution is 7.89. The molecule has 136 valence electrons. The van der Waals surface area contributed by atoms with E-state index in [1.807, 2.05) is 24.3 Å². The van der Waals surface area contributed by atoms with Crippen LogP contribution in [-0.4, -0.2) is 42.6 Å². The van der Waals surface area contributed by atoms with Crippen molar-refractivity contribution in [1.82, 2.24) is 4.90 Å². The van der Waals surface area contributed by atoms with E-state index in [9.17, 15) is 23.1 Å². The maximum atomic E-state index is 12.9. The van der Waals surface area contributed by atoms with E-state index in [1.54, 1.807) is 24.3 Å². The molecule has 0 aromatic heterocycles. The number of carbonyl (C=O) groups is 2. The number of benzene rings is 2. The number of rotatable bonds is 4. The van der Waals surface area contributed by atoms with Crippen molar-refractivity contribution in [2.24, 2.45) is 0 Å². The second-order valence-electron chi connectivity index (χ2n) is 6.53. The Morgan fingerprint density at radius 3 is 2.27 bits per heavy atom. The van der Waals surface area contributed by atoms with Gasteiger partial charge in [0.2, 0.25) is 0 Å². The molecule has 0 aliphatic carbocycles. The molecule has 0 spiro atoms. The van der Waals surface area contributed by atoms with Gasteiger partial charge in [-0.3, -0.25) is 4.79 Å². The zero-order chi connectivity index (χ0) is 18.9. The van der Waals surface area contributed by atoms with Crippen LogP contribution in [0.5, 0.6) is 0 Å². The predicted octanol–water partition coefficient (Wildman–Crippen LogP) is 1.88. The quantitative estimate of drug-likeness (QED) is 0.884. The average Bonchev–Trinajstić information content (AvgIpc) is 2.59. The molecule has 7 heteroatoms. The molecule has 0 bridgehead atoms. The first kappa shape index (κ1) is 18.1. The van der Waals surface area contributed by atoms with Crippen molar-refractivity contribution in [2.75, 3.05) is 6.26 Å². The largest absolute Gasteiger partial charge is 0.480 e. The van der Waals surface area contributed by atoms with Crippen LogP contribution in [-0.2, 0) is 33.4 Å². The second-order valence-corrected chi connectivity index (χ2v) is 8.67. The molecule has 0 radical (unpaired) electrons. The third kappa shape index (κ3) is 3.94. The Morgan fingerprint density at radius 1 is 1.08 bits per heavy atom. The molecule has 1 aliphatic heterocycles. The summed E-state index contributed by atoms with van der Waals surface area (Å²) in [7, 11) is -3.16. The van der Waals surface area contributed by atoms with Crippen LogP contribution in [0.4, 0.5) is 0 Å². The number of fused-ring (bicyclic) bond motifs is 1. The number of sulfone groups is 1. The van der Waals surface area contributed by atoms with Gasteiger partial charge in [0, 0.05) is 24.8 Å². The standard InChI is InChI=1S/C19H19NO5S/c1-26(24,25)12-13-6-8-14(9-7-13)18(21)20-11-16-5-3-2-4-15(16)10-17(20)19(22)23/h2-9,17H,10-12H2,1H3,(H,22,23). The maximum Gasteiger partial charge on any atom is 0.326 e. The minimum Gasteiger partial charge on any atom is -0.480 e. The van der Waals surface area contributed by atoms with Gasteiger partial charge in [-0.1, -0.05) is 36.4 Å². The molecule has 2 aromatic rings. The highest BCUT2D eigenvalue weighted by Gasteiger charge is 2.34. The van der Waals surface area contributed by atoms with Gasteiger partial charge in [-0.05, 0) is 28.8 Å². The number of amides is 1. The lowest BCUT2D eigenvalue weighted by Gasteiger charge is -2.34. The third-order valence-corrected chi connectivity index (χ3v) is 5.28. The van der Waals surface area contributed by atoms with Gasteiger partial charge in [0.05, 0.1) is 5.75 Å². The molecule has 1 heterocycles. The van der Waals surface area contributed by atoms with Crippen molar-refractivity contribution in [3.63, 3.8) is 0 Å². The summed E-state index contributed by atoms with van der Waals surface area (Å²) in [5, 5.41) is 9.54. The molecule has 0 saturated heterocycles. The van der Waals surface area contributed by atoms with Crippen molar-refractivity contribution < 1.29 is 23.1 Å². The summed E-state index contributed by atoms with van der Waals surface area (Å²) in [5.41, 5.74) is 2.80. The average molecular weight is 373 g/mol. The Balaban J connectivity index is 1.87. The fourth-order valence-electron chi connectivity index (χ4n) is 3.17. The Labute approximate surface area is 152 Å². The highest BCUT2D eigenvalue weighted by Crippen LogP contribution is 2.25. The van der Waals surface area contributed by atoms with Crippen LogP contribution < -0.4 is 0 Å². The first-order chi connectivity index (χ1) is 12.2. The van der Waals surface area contributed by atoms with E-state index < -0.39 is 21.8 Å². The first-order valence-corrected chi connectivity index (χ1v) is 10.2. The van der Waals surface area contributed by atoms with Crippen molar-refractivity contribution in [1.29, 1.82) is 0 Å². The summed E-state index contributed by atoms with van der Waals surface area (Å²) in [5.74, 6) is -1.52. The molecular weight excluding hydrogens is 354 g/mol. The Kier molecular flexibility index (Phi) is 4.82. The fraction of sp³-hybridized carbons (Fsp3) is 0.263. The zero-order valence-corrected chi connectivity index (χ0v) is 15.1. The topological polar surface area (TPSA) is 91.8 Å². The molecule has 1 N–H and O–H groups in total. The summed E-state index contributed by atoms with van der Waals surface area (Å²) < 4.78 is 22.7. The normalized spacial score (nSPS) is 16.8. The maximum absolute atomic E-state index is 12.9. The third-order valence-electron chi connectivity index (χ3n) is 4.42. The summed E-state index contributed by atoms with van der Waals surface area (Å²) in [6, 6.07) is 12.8. The van der Waals surface area contributed by atoms with Crippen LogP contribution in [0.25, 0.3) is 0 Å². The van der Waals surface area contributed by atoms with Crippen molar-refractivity contribution >= 4 is 21.7 Å². The lowest BCUT2D eigenvalue weighted by molar-refractivity contribution is -0.142. The number of hydrogen-bond acceptors (Lipinski definition) is 4. The van der Waals surface area contributed by atoms with Gasteiger partial charge in [0.1, 0.15) is 6.04 Å². The molecule has 3 rings (SSSR count). The number of aliphatic carboxylic acids is 1. The summed E-state index contributed by atoms with van der Waals surface area (Å²) >= 11 is 0. The number of carboxylic acid groups (broad SMARTS) is 1. The van der Waals surface area contributed by atoms with Crippen LogP contribution >= 0.6 is 0 Å². The van der Waals surface area contributed by atoms with Crippen LogP contribution in [0.15, 0.2) is 48.5 Å². The van der Waals surface area contributed by atoms with Gasteiger partial charge in [0.15, 0.2) is 9.84 Å². The second kappa shape index (κ2) is 6.92. The van der Waals surface area contributed by atoms with E-state index >= 15 is 0 Å². The van der Waals surface area contributed by atoms with Gasteiger partial charge < -0.3 is 10.0 Å². The van der Waals surface area contributed by atoms with E-state index in [2.05, 4.69) is 0 Å². The van der Waals surface area contributed by atoms with Gasteiger partial charge in [-0.25, -0.2) is 13.2 Å². The van der Waals surface area contributed by atoms with Crippen LogP contribution in [0.1, 0.15) is 27.0 Å². The molecule has 26 heavy (non-hydrogen) atoms. The summed E-state index contributed by atoms with van der Waals surface area (Å²) in [4.78, 5) is 25.9. The highest BCUT2D eigenvalue weighted by atomic mass is 32.2. The van der Waals surface area contributed by atoms with Gasteiger partial charge in [0.25, 0.3) is 5.91 Å². The molecular formula is C19H19NO5S. The van der Waals surface area contributed by atoms with Gasteiger partial charge in [-0.2, -0.15) is 0 Å². The number of carbonyl (C=O) groups excluding carboxylic acids is 1. The summed E-state index contributed by atoms with van der Waals surface area (Å²) in [6.45, 7) is 0.233. The van der Waals surface area contributed by atoms with E-state index in [0.717, 1.165) is 17.4 Å². The van der Waals surface area contributed by atoms with Crippen LogP contribution in [0.3, 0.4) is 0 Å². The predicted molar refractivity (Wildman–Crippen MR) is 96.4 cm³/mol. The smallest absolute Gasteiger partial charge is 0.326 e. The van der Waals surface area contributed by atoms with Gasteiger partial charge in [-0.15, -0.1) is 0 Å². The molecule has 1 amide bonds. The van der Waals surface area contributed by atoms with Crippen molar-refractivity contribution in [2.45, 2.75) is 24.8 Å². The molecule has 0 fully saturated rings. The minimum atomic E-state index is -3.16. The minimum absolute atomic E-state index is 0.101. The first-order valence-electron chi connectivity index (χ1n) is 8.12. The molecule has 1 aliphatic rings. The Bertz CT molecular complexity index is 950. The zero-order valence-electron chi connectivity index (χ0n) is 14.3. The number of hydrogen-bond donors (Lipinski definition) is 1. The monoisotopic (exact) mass is 373 g/mol. The Hall–Kier alpha value is -2.67. The fourth-order valence-corrected chi connectivity index (χ4v) is 3.97. The molecule has 6 nitrogen and oxygen atoms in total. The Morgan fingerprint density at radius 2 is 1.69 bits per heavy atom. The number of carboxylic acids is 1. The van der Waals surface area contributed by atoms with E-state index in [4.69, 9.17) is 0 Å². The molecule has 1 unspecified atom stereocenters. The van der Waals surface area contributed by atoms with E-state index in [0.29, 0.717) is 11.1 Å². The summed E-state index contributed by atoms with van der Waals surface area (Å²) in [6.07, 6.45) is 1.41. The van der Waals surface area contributed by atoms with Crippen molar-refractivity contribution in [3.8, 4) is 0 Å². The van der Waals surface area contributed by atoms with Crippen molar-refractivity contribution in [3.05, 3.63) is 70.8 Å². The lowest BCUT2D eigenvalue weighted by Crippen LogP contribution is -2.48. The molecule has 0 saturated carbocycles.